The molecule has 7 amide bonds. The summed E-state index contributed by atoms with van der Waals surface area (Å²) in [7, 11) is 0. The van der Waals surface area contributed by atoms with Gasteiger partial charge in [-0.2, -0.15) is 0 Å². The number of carbonyl (C=O) groups is 8. The van der Waals surface area contributed by atoms with Gasteiger partial charge in [-0.05, 0) is 57.3 Å². The van der Waals surface area contributed by atoms with Crippen molar-refractivity contribution in [2.24, 2.45) is 28.9 Å². The molecule has 6 atom stereocenters. The van der Waals surface area contributed by atoms with Crippen molar-refractivity contribution in [2.75, 3.05) is 32.8 Å². The van der Waals surface area contributed by atoms with E-state index < -0.39 is 96.7 Å². The number of primary amides is 1. The Bertz CT molecular complexity index is 1450. The fourth-order valence-corrected chi connectivity index (χ4v) is 5.87. The topological polar surface area (TPSA) is 416 Å². The number of aliphatic hydroxyl groups is 1. The van der Waals surface area contributed by atoms with Gasteiger partial charge in [0, 0.05) is 26.1 Å². The van der Waals surface area contributed by atoms with Gasteiger partial charge in [-0.15, -0.1) is 0 Å². The third-order valence-corrected chi connectivity index (χ3v) is 8.71. The van der Waals surface area contributed by atoms with E-state index in [4.69, 9.17) is 33.8 Å². The van der Waals surface area contributed by atoms with Crippen molar-refractivity contribution in [1.82, 2.24) is 42.1 Å². The Kier molecular flexibility index (Phi) is 21.9. The average molecular weight is 813 g/mol. The molecule has 24 heteroatoms. The lowest BCUT2D eigenvalue weighted by atomic mass is 10.0. The molecular weight excluding hydrogens is 752 g/mol. The van der Waals surface area contributed by atoms with Crippen LogP contribution in [0.5, 0.6) is 0 Å². The molecule has 322 valence electrons. The van der Waals surface area contributed by atoms with E-state index in [9.17, 15) is 48.6 Å². The summed E-state index contributed by atoms with van der Waals surface area (Å²) in [5.41, 5.74) is 21.4. The normalized spacial score (nSPS) is 16.2. The van der Waals surface area contributed by atoms with Gasteiger partial charge < -0.3 is 75.3 Å². The number of amides is 7. The van der Waals surface area contributed by atoms with E-state index in [1.807, 2.05) is 0 Å². The largest absolute Gasteiger partial charge is 0.480 e. The zero-order chi connectivity index (χ0) is 43.2. The van der Waals surface area contributed by atoms with Gasteiger partial charge in [0.1, 0.15) is 36.3 Å². The molecule has 0 radical (unpaired) electrons. The third-order valence-electron chi connectivity index (χ3n) is 8.71. The molecule has 19 N–H and O–H groups in total. The van der Waals surface area contributed by atoms with Crippen LogP contribution in [0.3, 0.4) is 0 Å². The number of hydrogen-bond donors (Lipinski definition) is 15. The maximum Gasteiger partial charge on any atom is 0.328 e. The van der Waals surface area contributed by atoms with Crippen LogP contribution in [0.2, 0.25) is 0 Å². The highest BCUT2D eigenvalue weighted by Crippen LogP contribution is 2.21. The molecule has 1 rings (SSSR count). The van der Waals surface area contributed by atoms with Crippen molar-refractivity contribution in [3.8, 4) is 0 Å². The molecule has 0 aromatic rings. The predicted molar refractivity (Wildman–Crippen MR) is 204 cm³/mol. The van der Waals surface area contributed by atoms with E-state index >= 15 is 0 Å². The molecule has 0 saturated carbocycles. The number of carboxylic acids is 1. The quantitative estimate of drug-likeness (QED) is 0.0220. The molecule has 0 spiro atoms. The minimum atomic E-state index is -1.66. The second-order valence-electron chi connectivity index (χ2n) is 13.9. The zero-order valence-electron chi connectivity index (χ0n) is 32.4. The summed E-state index contributed by atoms with van der Waals surface area (Å²) in [6.45, 7) is 2.63. The van der Waals surface area contributed by atoms with Crippen molar-refractivity contribution in [3.05, 3.63) is 0 Å². The molecule has 1 heterocycles. The summed E-state index contributed by atoms with van der Waals surface area (Å²) in [6, 6.07) is -7.85. The molecular formula is C33H60N14O10. The van der Waals surface area contributed by atoms with Crippen LogP contribution in [0.4, 0.5) is 0 Å². The SMILES string of the molecule is CC(C)C[C@H](NC(=O)[C@@H]1CCCN1C(=O)[C@H](CCC(N)=O)NC(=O)[C@H](CCCNC(=N)N)NC(=O)CN)C(=O)N[C@@H](CCCNC(=N)N)C(=O)N[C@@H](CO)C(=O)O. The molecule has 1 aliphatic rings. The highest BCUT2D eigenvalue weighted by Gasteiger charge is 2.40. The summed E-state index contributed by atoms with van der Waals surface area (Å²) < 4.78 is 0. The minimum absolute atomic E-state index is 0.0483. The summed E-state index contributed by atoms with van der Waals surface area (Å²) in [4.78, 5) is 105. The van der Waals surface area contributed by atoms with Crippen LogP contribution < -0.4 is 60.2 Å². The molecule has 0 aliphatic carbocycles. The molecule has 0 unspecified atom stereocenters. The van der Waals surface area contributed by atoms with Crippen molar-refractivity contribution < 1.29 is 48.6 Å². The molecule has 1 fully saturated rings. The van der Waals surface area contributed by atoms with Gasteiger partial charge in [0.2, 0.25) is 41.4 Å². The van der Waals surface area contributed by atoms with Crippen LogP contribution in [-0.4, -0.2) is 143 Å². The Morgan fingerprint density at radius 3 is 1.72 bits per heavy atom. The summed E-state index contributed by atoms with van der Waals surface area (Å²) in [5, 5.41) is 50.9. The van der Waals surface area contributed by atoms with Gasteiger partial charge in [0.15, 0.2) is 11.9 Å². The van der Waals surface area contributed by atoms with Crippen molar-refractivity contribution in [3.63, 3.8) is 0 Å². The highest BCUT2D eigenvalue weighted by molar-refractivity contribution is 5.97. The van der Waals surface area contributed by atoms with E-state index in [1.165, 1.54) is 4.90 Å². The lowest BCUT2D eigenvalue weighted by molar-refractivity contribution is -0.143. The monoisotopic (exact) mass is 812 g/mol. The number of hydrogen-bond acceptors (Lipinski definition) is 12. The second-order valence-corrected chi connectivity index (χ2v) is 13.9. The number of guanidine groups is 2. The van der Waals surface area contributed by atoms with Gasteiger partial charge in [0.05, 0.1) is 13.2 Å². The van der Waals surface area contributed by atoms with E-state index in [0.29, 0.717) is 6.42 Å². The first-order valence-corrected chi connectivity index (χ1v) is 18.6. The summed E-state index contributed by atoms with van der Waals surface area (Å²) >= 11 is 0. The first kappa shape index (κ1) is 49.2. The van der Waals surface area contributed by atoms with Gasteiger partial charge in [0.25, 0.3) is 0 Å². The third kappa shape index (κ3) is 18.6. The molecule has 0 aromatic heterocycles. The van der Waals surface area contributed by atoms with Gasteiger partial charge in [-0.25, -0.2) is 4.79 Å². The van der Waals surface area contributed by atoms with E-state index in [0.717, 1.165) is 0 Å². The maximum absolute atomic E-state index is 14.0. The fourth-order valence-electron chi connectivity index (χ4n) is 5.87. The molecule has 1 aliphatic heterocycles. The van der Waals surface area contributed by atoms with E-state index in [2.05, 4.69) is 37.2 Å². The minimum Gasteiger partial charge on any atom is -0.480 e. The standard InChI is InChI=1S/C33H60N14O10/c1-17(2)14-21(28(53)43-19(7-4-12-41-33(38)39)27(52)46-22(16-48)31(56)57)45-29(54)23-8-5-13-47(23)30(55)20(9-10-24(35)49)44-26(51)18(42-25(50)15-34)6-3-11-40-32(36)37/h17-23,48H,3-16,34H2,1-2H3,(H2,35,49)(H,42,50)(H,43,53)(H,44,51)(H,45,54)(H,46,52)(H,56,57)(H4,36,37,40)(H4,38,39,41)/t18-,19-,20-,21-,22-,23-/m0/s1. The van der Waals surface area contributed by atoms with Crippen LogP contribution in [0.25, 0.3) is 0 Å². The van der Waals surface area contributed by atoms with Crippen LogP contribution in [0.1, 0.15) is 71.6 Å². The number of carboxylic acid groups (broad SMARTS) is 1. The lowest BCUT2D eigenvalue weighted by Crippen LogP contribution is -2.59. The van der Waals surface area contributed by atoms with Crippen molar-refractivity contribution in [2.45, 2.75) is 108 Å². The lowest BCUT2D eigenvalue weighted by Gasteiger charge is -2.31. The Hall–Kier alpha value is -5.78. The molecule has 1 saturated heterocycles. The Balaban J connectivity index is 3.28. The summed E-state index contributed by atoms with van der Waals surface area (Å²) in [5.74, 6) is -7.65. The second kappa shape index (κ2) is 25.4. The molecule has 24 nitrogen and oxygen atoms in total. The first-order chi connectivity index (χ1) is 26.8. The number of aliphatic carboxylic acids is 1. The molecule has 0 aromatic carbocycles. The van der Waals surface area contributed by atoms with Crippen LogP contribution >= 0.6 is 0 Å². The number of nitrogens with one attached hydrogen (secondary N) is 9. The smallest absolute Gasteiger partial charge is 0.328 e. The van der Waals surface area contributed by atoms with E-state index in [-0.39, 0.29) is 88.8 Å². The van der Waals surface area contributed by atoms with Crippen molar-refractivity contribution in [1.29, 1.82) is 10.8 Å². The fraction of sp³-hybridized carbons (Fsp3) is 0.697. The first-order valence-electron chi connectivity index (χ1n) is 18.6. The predicted octanol–water partition coefficient (Wildman–Crippen LogP) is -5.72. The summed E-state index contributed by atoms with van der Waals surface area (Å²) in [6.07, 6.45) is 0.551. The highest BCUT2D eigenvalue weighted by atomic mass is 16.4. The Morgan fingerprint density at radius 2 is 1.25 bits per heavy atom. The van der Waals surface area contributed by atoms with Gasteiger partial charge in [-0.1, -0.05) is 13.8 Å². The maximum atomic E-state index is 14.0. The number of likely N-dealkylation sites (tertiary alicyclic amines) is 1. The zero-order valence-corrected chi connectivity index (χ0v) is 32.4. The number of carbonyl (C=O) groups excluding carboxylic acids is 7. The van der Waals surface area contributed by atoms with Crippen molar-refractivity contribution >= 4 is 59.2 Å². The number of rotatable bonds is 26. The van der Waals surface area contributed by atoms with E-state index in [1.54, 1.807) is 13.8 Å². The molecule has 57 heavy (non-hydrogen) atoms. The van der Waals surface area contributed by atoms with Gasteiger partial charge >= 0.3 is 5.97 Å². The van der Waals surface area contributed by atoms with Gasteiger partial charge in [-0.3, -0.25) is 44.4 Å². The Labute approximate surface area is 330 Å². The molecule has 0 bridgehead atoms. The number of aliphatic hydroxyl groups excluding tert-OH is 1. The van der Waals surface area contributed by atoms with Crippen LogP contribution in [-0.2, 0) is 38.4 Å². The average Bonchev–Trinajstić information content (AvgIpc) is 3.63. The van der Waals surface area contributed by atoms with Crippen LogP contribution in [0.15, 0.2) is 0 Å². The Morgan fingerprint density at radius 1 is 0.737 bits per heavy atom. The number of nitrogens with two attached hydrogens (primary N) is 4. The number of nitrogens with zero attached hydrogens (tertiary/aromatic N) is 1. The van der Waals surface area contributed by atoms with Crippen LogP contribution in [0, 0.1) is 16.7 Å².